The summed E-state index contributed by atoms with van der Waals surface area (Å²) in [5.41, 5.74) is 0.185. The largest absolute Gasteiger partial charge is 0.352 e. The summed E-state index contributed by atoms with van der Waals surface area (Å²) in [6, 6.07) is 4.19. The van der Waals surface area contributed by atoms with Gasteiger partial charge in [-0.3, -0.25) is 4.79 Å². The van der Waals surface area contributed by atoms with Gasteiger partial charge in [0.15, 0.2) is 0 Å². The second kappa shape index (κ2) is 9.69. The number of carbonyl (C=O) groups is 1. The minimum Gasteiger partial charge on any atom is -0.352 e. The molecular formula is C18H28ClN3O3S. The van der Waals surface area contributed by atoms with Crippen LogP contribution in [0.1, 0.15) is 42.5 Å². The van der Waals surface area contributed by atoms with Crippen molar-refractivity contribution < 1.29 is 13.2 Å². The number of halogens is 1. The van der Waals surface area contributed by atoms with E-state index in [-0.39, 0.29) is 21.4 Å². The molecule has 0 radical (unpaired) electrons. The molecule has 1 heterocycles. The maximum atomic E-state index is 12.4. The molecule has 6 nitrogen and oxygen atoms in total. The van der Waals surface area contributed by atoms with Crippen molar-refractivity contribution in [3.05, 3.63) is 28.8 Å². The molecule has 146 valence electrons. The second-order valence-electron chi connectivity index (χ2n) is 6.79. The van der Waals surface area contributed by atoms with Gasteiger partial charge in [-0.2, -0.15) is 0 Å². The molecule has 0 spiro atoms. The van der Waals surface area contributed by atoms with Crippen molar-refractivity contribution in [1.29, 1.82) is 0 Å². The molecule has 1 aliphatic rings. The van der Waals surface area contributed by atoms with Gasteiger partial charge in [-0.15, -0.1) is 0 Å². The Morgan fingerprint density at radius 3 is 2.46 bits per heavy atom. The Balaban J connectivity index is 1.92. The Kier molecular flexibility index (Phi) is 7.88. The van der Waals surface area contributed by atoms with Crippen molar-refractivity contribution in [1.82, 2.24) is 14.5 Å². The molecular weight excluding hydrogens is 374 g/mol. The molecule has 0 aromatic heterocycles. The molecule has 1 saturated heterocycles. The highest BCUT2D eigenvalue weighted by Crippen LogP contribution is 2.22. The number of sulfonamides is 1. The van der Waals surface area contributed by atoms with Gasteiger partial charge in [0.05, 0.1) is 15.5 Å². The fourth-order valence-electron chi connectivity index (χ4n) is 3.01. The number of benzene rings is 1. The van der Waals surface area contributed by atoms with Gasteiger partial charge >= 0.3 is 0 Å². The number of likely N-dealkylation sites (tertiary alicyclic amines) is 1. The number of hydrogen-bond donors (Lipinski definition) is 1. The first-order chi connectivity index (χ1) is 12.3. The summed E-state index contributed by atoms with van der Waals surface area (Å²) in [5.74, 6) is -0.346. The number of nitrogens with one attached hydrogen (secondary N) is 1. The lowest BCUT2D eigenvalue weighted by Gasteiger charge is -2.19. The van der Waals surface area contributed by atoms with E-state index in [1.807, 2.05) is 0 Å². The van der Waals surface area contributed by atoms with Gasteiger partial charge in [-0.1, -0.05) is 24.4 Å². The zero-order valence-electron chi connectivity index (χ0n) is 15.5. The van der Waals surface area contributed by atoms with E-state index in [4.69, 9.17) is 11.6 Å². The van der Waals surface area contributed by atoms with Crippen LogP contribution < -0.4 is 5.32 Å². The number of carbonyl (C=O) groups excluding carboxylic acids is 1. The Hall–Kier alpha value is -1.15. The van der Waals surface area contributed by atoms with Crippen LogP contribution in [0.15, 0.2) is 23.1 Å². The summed E-state index contributed by atoms with van der Waals surface area (Å²) in [6.07, 6.45) is 5.96. The first-order valence-electron chi connectivity index (χ1n) is 9.05. The van der Waals surface area contributed by atoms with Gasteiger partial charge in [0, 0.05) is 20.6 Å². The lowest BCUT2D eigenvalue weighted by atomic mass is 10.2. The highest BCUT2D eigenvalue weighted by molar-refractivity contribution is 7.89. The van der Waals surface area contributed by atoms with E-state index in [1.165, 1.54) is 58.0 Å². The van der Waals surface area contributed by atoms with Crippen LogP contribution in [-0.4, -0.2) is 63.8 Å². The molecule has 0 unspecified atom stereocenters. The van der Waals surface area contributed by atoms with Crippen molar-refractivity contribution in [2.45, 2.75) is 37.0 Å². The van der Waals surface area contributed by atoms with E-state index in [1.54, 1.807) is 0 Å². The van der Waals surface area contributed by atoms with Crippen molar-refractivity contribution in [3.63, 3.8) is 0 Å². The molecule has 26 heavy (non-hydrogen) atoms. The van der Waals surface area contributed by atoms with Gasteiger partial charge < -0.3 is 10.2 Å². The van der Waals surface area contributed by atoms with Crippen LogP contribution in [0.3, 0.4) is 0 Å². The molecule has 1 aromatic rings. The zero-order valence-corrected chi connectivity index (χ0v) is 17.1. The number of amides is 1. The quantitative estimate of drug-likeness (QED) is 0.713. The van der Waals surface area contributed by atoms with Gasteiger partial charge in [-0.05, 0) is 57.1 Å². The Labute approximate surface area is 161 Å². The van der Waals surface area contributed by atoms with Crippen LogP contribution in [0.25, 0.3) is 0 Å². The fourth-order valence-corrected chi connectivity index (χ4v) is 4.14. The molecule has 0 bridgehead atoms. The Morgan fingerprint density at radius 2 is 1.85 bits per heavy atom. The minimum atomic E-state index is -3.60. The molecule has 1 aliphatic heterocycles. The average molecular weight is 402 g/mol. The summed E-state index contributed by atoms with van der Waals surface area (Å²) in [7, 11) is -0.703. The monoisotopic (exact) mass is 401 g/mol. The normalized spacial score (nSPS) is 16.5. The molecule has 0 saturated carbocycles. The van der Waals surface area contributed by atoms with E-state index in [2.05, 4.69) is 10.2 Å². The fraction of sp³-hybridized carbons (Fsp3) is 0.611. The average Bonchev–Trinajstić information content (AvgIpc) is 2.87. The molecule has 1 fully saturated rings. The van der Waals surface area contributed by atoms with Gasteiger partial charge in [-0.25, -0.2) is 12.7 Å². The van der Waals surface area contributed by atoms with E-state index in [0.717, 1.165) is 30.4 Å². The lowest BCUT2D eigenvalue weighted by molar-refractivity contribution is 0.0951. The lowest BCUT2D eigenvalue weighted by Crippen LogP contribution is -2.31. The van der Waals surface area contributed by atoms with Crippen LogP contribution >= 0.6 is 11.6 Å². The number of rotatable bonds is 7. The highest BCUT2D eigenvalue weighted by atomic mass is 35.5. The number of hydrogen-bond acceptors (Lipinski definition) is 4. The summed E-state index contributed by atoms with van der Waals surface area (Å²) in [6.45, 7) is 3.76. The van der Waals surface area contributed by atoms with Gasteiger partial charge in [0.2, 0.25) is 10.0 Å². The van der Waals surface area contributed by atoms with Crippen LogP contribution in [0.2, 0.25) is 5.02 Å². The summed E-state index contributed by atoms with van der Waals surface area (Å²) in [4.78, 5) is 14.9. The molecule has 1 amide bonds. The van der Waals surface area contributed by atoms with Crippen LogP contribution in [0, 0.1) is 0 Å². The van der Waals surface area contributed by atoms with Crippen molar-refractivity contribution in [2.75, 3.05) is 40.3 Å². The zero-order chi connectivity index (χ0) is 19.2. The van der Waals surface area contributed by atoms with E-state index < -0.39 is 10.0 Å². The predicted molar refractivity (Wildman–Crippen MR) is 104 cm³/mol. The van der Waals surface area contributed by atoms with E-state index in [0.29, 0.717) is 6.54 Å². The van der Waals surface area contributed by atoms with Crippen molar-refractivity contribution in [2.24, 2.45) is 0 Å². The topological polar surface area (TPSA) is 69.7 Å². The molecule has 8 heteroatoms. The van der Waals surface area contributed by atoms with Crippen LogP contribution in [0.4, 0.5) is 0 Å². The van der Waals surface area contributed by atoms with Gasteiger partial charge in [0.1, 0.15) is 0 Å². The minimum absolute atomic E-state index is 0.0571. The third-order valence-corrected chi connectivity index (χ3v) is 6.74. The maximum absolute atomic E-state index is 12.4. The molecule has 1 aromatic carbocycles. The second-order valence-corrected chi connectivity index (χ2v) is 9.35. The highest BCUT2D eigenvalue weighted by Gasteiger charge is 2.20. The van der Waals surface area contributed by atoms with Crippen molar-refractivity contribution >= 4 is 27.5 Å². The summed E-state index contributed by atoms with van der Waals surface area (Å²) < 4.78 is 25.6. The maximum Gasteiger partial charge on any atom is 0.252 e. The van der Waals surface area contributed by atoms with Crippen molar-refractivity contribution in [3.8, 4) is 0 Å². The Morgan fingerprint density at radius 1 is 1.19 bits per heavy atom. The summed E-state index contributed by atoms with van der Waals surface area (Å²) in [5, 5.41) is 3.09. The predicted octanol–water partition coefficient (Wildman–Crippen LogP) is 2.59. The SMILES string of the molecule is CN(C)S(=O)(=O)c1ccc(Cl)c(C(=O)NCCCN2CCCCCC2)c1. The van der Waals surface area contributed by atoms with Crippen LogP contribution in [-0.2, 0) is 10.0 Å². The number of nitrogens with zero attached hydrogens (tertiary/aromatic N) is 2. The first kappa shape index (κ1) is 21.2. The molecule has 2 rings (SSSR count). The standard InChI is InChI=1S/C18H28ClN3O3S/c1-21(2)26(24,25)15-8-9-17(19)16(14-15)18(23)20-10-7-13-22-11-5-3-4-6-12-22/h8-9,14H,3-7,10-13H2,1-2H3,(H,20,23). The smallest absolute Gasteiger partial charge is 0.252 e. The molecule has 0 aliphatic carbocycles. The molecule has 0 atom stereocenters. The van der Waals surface area contributed by atoms with E-state index in [9.17, 15) is 13.2 Å². The molecule has 1 N–H and O–H groups in total. The third kappa shape index (κ3) is 5.67. The Bertz CT molecular complexity index is 714. The first-order valence-corrected chi connectivity index (χ1v) is 10.9. The summed E-state index contributed by atoms with van der Waals surface area (Å²) >= 11 is 6.10. The van der Waals surface area contributed by atoms with Gasteiger partial charge in [0.25, 0.3) is 5.91 Å². The van der Waals surface area contributed by atoms with Crippen LogP contribution in [0.5, 0.6) is 0 Å². The third-order valence-electron chi connectivity index (χ3n) is 4.60. The van der Waals surface area contributed by atoms with E-state index >= 15 is 0 Å².